The van der Waals surface area contributed by atoms with E-state index in [1.165, 1.54) is 8.45 Å². The lowest BCUT2D eigenvalue weighted by molar-refractivity contribution is 0.643. The van der Waals surface area contributed by atoms with Crippen LogP contribution in [0.5, 0.6) is 0 Å². The molecule has 2 rings (SSSR count). The highest BCUT2D eigenvalue weighted by molar-refractivity contribution is 14.1. The first kappa shape index (κ1) is 11.1. The third-order valence-electron chi connectivity index (χ3n) is 2.24. The van der Waals surface area contributed by atoms with Crippen molar-refractivity contribution in [1.82, 2.24) is 15.1 Å². The zero-order valence-corrected chi connectivity index (χ0v) is 11.5. The lowest BCUT2D eigenvalue weighted by Crippen LogP contribution is -2.17. The Morgan fingerprint density at radius 2 is 2.40 bits per heavy atom. The van der Waals surface area contributed by atoms with Gasteiger partial charge in [-0.2, -0.15) is 5.10 Å². The highest BCUT2D eigenvalue weighted by Gasteiger charge is 2.15. The van der Waals surface area contributed by atoms with Crippen LogP contribution < -0.4 is 5.32 Å². The minimum atomic E-state index is 0.200. The van der Waals surface area contributed by atoms with E-state index in [1.54, 1.807) is 11.3 Å². The molecule has 3 nitrogen and oxygen atoms in total. The Morgan fingerprint density at radius 3 is 2.87 bits per heavy atom. The predicted molar refractivity (Wildman–Crippen MR) is 71.1 cm³/mol. The van der Waals surface area contributed by atoms with E-state index < -0.39 is 0 Å². The van der Waals surface area contributed by atoms with Crippen LogP contribution >= 0.6 is 33.9 Å². The van der Waals surface area contributed by atoms with Gasteiger partial charge in [0.05, 0.1) is 14.6 Å². The van der Waals surface area contributed by atoms with Crippen LogP contribution in [0.4, 0.5) is 0 Å². The van der Waals surface area contributed by atoms with Crippen LogP contribution in [0.3, 0.4) is 0 Å². The summed E-state index contributed by atoms with van der Waals surface area (Å²) < 4.78 is 3.13. The molecule has 0 aliphatic carbocycles. The Kier molecular flexibility index (Phi) is 3.42. The van der Waals surface area contributed by atoms with Gasteiger partial charge in [0.25, 0.3) is 0 Å². The molecule has 2 aromatic rings. The molecule has 0 aliphatic rings. The maximum Gasteiger partial charge on any atom is 0.0839 e. The van der Waals surface area contributed by atoms with Gasteiger partial charge in [-0.25, -0.2) is 0 Å². The largest absolute Gasteiger partial charge is 0.308 e. The van der Waals surface area contributed by atoms with Crippen molar-refractivity contribution in [1.29, 1.82) is 0 Å². The van der Waals surface area contributed by atoms with Gasteiger partial charge in [0.2, 0.25) is 0 Å². The highest BCUT2D eigenvalue weighted by Crippen LogP contribution is 2.25. The zero-order chi connectivity index (χ0) is 10.8. The molecule has 1 atom stereocenters. The van der Waals surface area contributed by atoms with Crippen LogP contribution in [0.2, 0.25) is 0 Å². The van der Waals surface area contributed by atoms with Crippen molar-refractivity contribution in [3.05, 3.63) is 37.9 Å². The van der Waals surface area contributed by atoms with E-state index in [1.807, 2.05) is 31.0 Å². The second kappa shape index (κ2) is 4.63. The number of hydrogen-bond acceptors (Lipinski definition) is 3. The number of aromatic nitrogens is 2. The molecule has 80 valence electrons. The van der Waals surface area contributed by atoms with E-state index in [0.717, 1.165) is 5.69 Å². The zero-order valence-electron chi connectivity index (χ0n) is 8.57. The fourth-order valence-electron chi connectivity index (χ4n) is 1.55. The first-order valence-corrected chi connectivity index (χ1v) is 6.57. The minimum absolute atomic E-state index is 0.200. The quantitative estimate of drug-likeness (QED) is 0.875. The Hall–Kier alpha value is -0.400. The second-order valence-electron chi connectivity index (χ2n) is 3.32. The smallest absolute Gasteiger partial charge is 0.0839 e. The molecule has 5 heteroatoms. The van der Waals surface area contributed by atoms with Crippen molar-refractivity contribution in [3.63, 3.8) is 0 Å². The van der Waals surface area contributed by atoms with Gasteiger partial charge in [-0.15, -0.1) is 11.3 Å². The third kappa shape index (κ3) is 2.40. The highest BCUT2D eigenvalue weighted by atomic mass is 127. The molecule has 2 heterocycles. The van der Waals surface area contributed by atoms with Gasteiger partial charge in [-0.1, -0.05) is 0 Å². The van der Waals surface area contributed by atoms with E-state index >= 15 is 0 Å². The van der Waals surface area contributed by atoms with Gasteiger partial charge in [-0.3, -0.25) is 4.68 Å². The SMILES string of the molecule is CNC(c1csc(I)c1)c1ccn(C)n1. The number of nitrogens with one attached hydrogen (secondary N) is 1. The van der Waals surface area contributed by atoms with E-state index in [4.69, 9.17) is 0 Å². The number of aryl methyl sites for hydroxylation is 1. The van der Waals surface area contributed by atoms with Crippen molar-refractivity contribution in [2.45, 2.75) is 6.04 Å². The number of hydrogen-bond donors (Lipinski definition) is 1. The fraction of sp³-hybridized carbons (Fsp3) is 0.300. The second-order valence-corrected chi connectivity index (χ2v) is 6.13. The van der Waals surface area contributed by atoms with Crippen LogP contribution in [-0.2, 0) is 7.05 Å². The van der Waals surface area contributed by atoms with Crippen molar-refractivity contribution in [3.8, 4) is 0 Å². The average molecular weight is 333 g/mol. The molecule has 0 bridgehead atoms. The van der Waals surface area contributed by atoms with Crippen molar-refractivity contribution >= 4 is 33.9 Å². The normalized spacial score (nSPS) is 13.0. The van der Waals surface area contributed by atoms with Gasteiger partial charge < -0.3 is 5.32 Å². The first-order chi connectivity index (χ1) is 7.20. The maximum atomic E-state index is 4.42. The number of halogens is 1. The third-order valence-corrected chi connectivity index (χ3v) is 4.05. The summed E-state index contributed by atoms with van der Waals surface area (Å²) in [5.74, 6) is 0. The van der Waals surface area contributed by atoms with Crippen molar-refractivity contribution in [2.24, 2.45) is 7.05 Å². The number of thiophene rings is 1. The minimum Gasteiger partial charge on any atom is -0.308 e. The molecule has 0 spiro atoms. The summed E-state index contributed by atoms with van der Waals surface area (Å²) in [7, 11) is 3.90. The molecule has 15 heavy (non-hydrogen) atoms. The van der Waals surface area contributed by atoms with Gasteiger partial charge in [-0.05, 0) is 52.7 Å². The summed E-state index contributed by atoms with van der Waals surface area (Å²) in [5.41, 5.74) is 2.35. The molecule has 0 aromatic carbocycles. The molecule has 0 radical (unpaired) electrons. The summed E-state index contributed by atoms with van der Waals surface area (Å²) >= 11 is 4.10. The summed E-state index contributed by atoms with van der Waals surface area (Å²) in [5, 5.41) is 9.89. The Bertz CT molecular complexity index is 409. The lowest BCUT2D eigenvalue weighted by atomic mass is 10.1. The van der Waals surface area contributed by atoms with Crippen LogP contribution in [0.1, 0.15) is 17.3 Å². The number of nitrogens with zero attached hydrogens (tertiary/aromatic N) is 2. The molecule has 0 aliphatic heterocycles. The topological polar surface area (TPSA) is 29.9 Å². The van der Waals surface area contributed by atoms with Crippen LogP contribution in [0, 0.1) is 2.88 Å². The molecular weight excluding hydrogens is 321 g/mol. The molecule has 2 aromatic heterocycles. The standard InChI is InChI=1S/C10H12IN3S/c1-12-10(7-5-9(11)15-6-7)8-3-4-14(2)13-8/h3-6,10,12H,1-2H3. The summed E-state index contributed by atoms with van der Waals surface area (Å²) in [6, 6.07) is 4.44. The molecule has 0 saturated carbocycles. The van der Waals surface area contributed by atoms with Gasteiger partial charge in [0, 0.05) is 13.2 Å². The Morgan fingerprint density at radius 1 is 1.60 bits per heavy atom. The van der Waals surface area contributed by atoms with Crippen LogP contribution in [0.25, 0.3) is 0 Å². The van der Waals surface area contributed by atoms with Gasteiger partial charge in [0.15, 0.2) is 0 Å². The van der Waals surface area contributed by atoms with E-state index in [-0.39, 0.29) is 6.04 Å². The summed E-state index contributed by atoms with van der Waals surface area (Å²) in [4.78, 5) is 0. The monoisotopic (exact) mass is 333 g/mol. The van der Waals surface area contributed by atoms with Crippen molar-refractivity contribution < 1.29 is 0 Å². The lowest BCUT2D eigenvalue weighted by Gasteiger charge is -2.11. The number of rotatable bonds is 3. The summed E-state index contributed by atoms with van der Waals surface area (Å²) in [6.07, 6.45) is 1.97. The maximum absolute atomic E-state index is 4.42. The van der Waals surface area contributed by atoms with Gasteiger partial charge in [0.1, 0.15) is 0 Å². The van der Waals surface area contributed by atoms with E-state index in [2.05, 4.69) is 44.5 Å². The van der Waals surface area contributed by atoms with Crippen LogP contribution in [-0.4, -0.2) is 16.8 Å². The average Bonchev–Trinajstić information content (AvgIpc) is 2.78. The van der Waals surface area contributed by atoms with Gasteiger partial charge >= 0.3 is 0 Å². The van der Waals surface area contributed by atoms with Crippen molar-refractivity contribution in [2.75, 3.05) is 7.05 Å². The Balaban J connectivity index is 2.32. The summed E-state index contributed by atoms with van der Waals surface area (Å²) in [6.45, 7) is 0. The first-order valence-electron chi connectivity index (χ1n) is 4.61. The van der Waals surface area contributed by atoms with Crippen LogP contribution in [0.15, 0.2) is 23.7 Å². The van der Waals surface area contributed by atoms with E-state index in [0.29, 0.717) is 0 Å². The van der Waals surface area contributed by atoms with E-state index in [9.17, 15) is 0 Å². The molecule has 1 N–H and O–H groups in total. The Labute approximate surface area is 107 Å². The molecule has 0 saturated heterocycles. The molecular formula is C10H12IN3S. The molecule has 1 unspecified atom stereocenters. The fourth-order valence-corrected chi connectivity index (χ4v) is 2.94. The molecule has 0 amide bonds. The predicted octanol–water partition coefficient (Wildman–Crippen LogP) is 2.39. The molecule has 0 fully saturated rings.